The molecular formula is C14H17N5O. The van der Waals surface area contributed by atoms with E-state index in [9.17, 15) is 4.79 Å². The van der Waals surface area contributed by atoms with Gasteiger partial charge < -0.3 is 5.32 Å². The highest BCUT2D eigenvalue weighted by Crippen LogP contribution is 2.15. The van der Waals surface area contributed by atoms with Crippen LogP contribution in [-0.2, 0) is 0 Å². The van der Waals surface area contributed by atoms with Crippen molar-refractivity contribution in [3.63, 3.8) is 0 Å². The van der Waals surface area contributed by atoms with Gasteiger partial charge in [-0.1, -0.05) is 19.4 Å². The Hall–Kier alpha value is -2.50. The number of aromatic nitrogens is 3. The Morgan fingerprint density at radius 2 is 2.00 bits per heavy atom. The molecule has 20 heavy (non-hydrogen) atoms. The van der Waals surface area contributed by atoms with Crippen molar-refractivity contribution in [2.75, 3.05) is 11.9 Å². The van der Waals surface area contributed by atoms with Crippen LogP contribution in [0.25, 0.3) is 11.1 Å². The van der Waals surface area contributed by atoms with E-state index in [1.54, 1.807) is 24.8 Å². The van der Waals surface area contributed by atoms with E-state index in [1.165, 1.54) is 0 Å². The lowest BCUT2D eigenvalue weighted by Crippen LogP contribution is -2.30. The molecule has 0 aromatic carbocycles. The number of anilines is 1. The summed E-state index contributed by atoms with van der Waals surface area (Å²) in [5, 5.41) is 5.33. The largest absolute Gasteiger partial charge is 0.338 e. The Morgan fingerprint density at radius 1 is 1.20 bits per heavy atom. The number of amides is 2. The molecule has 0 spiro atoms. The first-order valence-electron chi connectivity index (χ1n) is 6.57. The maximum Gasteiger partial charge on any atom is 0.321 e. The fraction of sp³-hybridized carbons (Fsp3) is 0.286. The molecule has 0 aliphatic carbocycles. The van der Waals surface area contributed by atoms with E-state index < -0.39 is 0 Å². The molecule has 2 rings (SSSR count). The molecule has 6 heteroatoms. The van der Waals surface area contributed by atoms with Crippen molar-refractivity contribution in [1.82, 2.24) is 20.3 Å². The third-order valence-electron chi connectivity index (χ3n) is 2.69. The Balaban J connectivity index is 1.93. The third kappa shape index (κ3) is 4.01. The van der Waals surface area contributed by atoms with Gasteiger partial charge in [0, 0.05) is 42.5 Å². The van der Waals surface area contributed by atoms with Gasteiger partial charge in [0.2, 0.25) is 5.95 Å². The summed E-state index contributed by atoms with van der Waals surface area (Å²) < 4.78 is 0. The van der Waals surface area contributed by atoms with E-state index in [2.05, 4.69) is 32.5 Å². The van der Waals surface area contributed by atoms with Gasteiger partial charge in [0.1, 0.15) is 0 Å². The van der Waals surface area contributed by atoms with Crippen LogP contribution in [0.1, 0.15) is 19.8 Å². The van der Waals surface area contributed by atoms with Crippen molar-refractivity contribution < 1.29 is 4.79 Å². The Bertz CT molecular complexity index is 541. The number of hydrogen-bond donors (Lipinski definition) is 2. The first-order valence-corrected chi connectivity index (χ1v) is 6.57. The van der Waals surface area contributed by atoms with Crippen molar-refractivity contribution in [2.24, 2.45) is 0 Å². The summed E-state index contributed by atoms with van der Waals surface area (Å²) in [7, 11) is 0. The summed E-state index contributed by atoms with van der Waals surface area (Å²) in [6.07, 6.45) is 8.76. The summed E-state index contributed by atoms with van der Waals surface area (Å²) in [5.41, 5.74) is 1.79. The van der Waals surface area contributed by atoms with Crippen LogP contribution in [0, 0.1) is 0 Å². The average molecular weight is 271 g/mol. The Labute approximate surface area is 117 Å². The average Bonchev–Trinajstić information content (AvgIpc) is 2.49. The van der Waals surface area contributed by atoms with Crippen LogP contribution in [0.15, 0.2) is 36.9 Å². The molecule has 104 valence electrons. The number of pyridine rings is 1. The van der Waals surface area contributed by atoms with Crippen LogP contribution in [0.3, 0.4) is 0 Å². The second kappa shape index (κ2) is 7.18. The van der Waals surface area contributed by atoms with E-state index in [0.29, 0.717) is 6.54 Å². The monoisotopic (exact) mass is 271 g/mol. The van der Waals surface area contributed by atoms with Gasteiger partial charge >= 0.3 is 6.03 Å². The van der Waals surface area contributed by atoms with Gasteiger partial charge in [-0.25, -0.2) is 14.8 Å². The number of carbonyl (C=O) groups is 1. The maximum atomic E-state index is 11.5. The summed E-state index contributed by atoms with van der Waals surface area (Å²) in [6.45, 7) is 2.72. The van der Waals surface area contributed by atoms with E-state index in [-0.39, 0.29) is 12.0 Å². The SMILES string of the molecule is CCCCNC(=O)Nc1ncc(-c2cccnc2)cn1. The van der Waals surface area contributed by atoms with Crippen molar-refractivity contribution in [3.05, 3.63) is 36.9 Å². The lowest BCUT2D eigenvalue weighted by Gasteiger charge is -2.06. The van der Waals surface area contributed by atoms with Crippen molar-refractivity contribution in [3.8, 4) is 11.1 Å². The Kier molecular flexibility index (Phi) is 5.00. The fourth-order valence-corrected chi connectivity index (χ4v) is 1.60. The third-order valence-corrected chi connectivity index (χ3v) is 2.69. The highest BCUT2D eigenvalue weighted by molar-refractivity contribution is 5.87. The standard InChI is InChI=1S/C14H17N5O/c1-2-3-7-16-14(20)19-13-17-9-12(10-18-13)11-5-4-6-15-8-11/h4-6,8-10H,2-3,7H2,1H3,(H2,16,17,18,19,20). The lowest BCUT2D eigenvalue weighted by atomic mass is 10.2. The topological polar surface area (TPSA) is 79.8 Å². The molecule has 0 aliphatic heterocycles. The van der Waals surface area contributed by atoms with Gasteiger partial charge in [-0.05, 0) is 12.5 Å². The minimum Gasteiger partial charge on any atom is -0.338 e. The summed E-state index contributed by atoms with van der Waals surface area (Å²) in [4.78, 5) is 23.8. The molecular weight excluding hydrogens is 254 g/mol. The first-order chi connectivity index (χ1) is 9.79. The van der Waals surface area contributed by atoms with Crippen LogP contribution < -0.4 is 10.6 Å². The molecule has 0 fully saturated rings. The molecule has 0 unspecified atom stereocenters. The van der Waals surface area contributed by atoms with Gasteiger partial charge in [0.15, 0.2) is 0 Å². The number of unbranched alkanes of at least 4 members (excludes halogenated alkanes) is 1. The van der Waals surface area contributed by atoms with Crippen LogP contribution >= 0.6 is 0 Å². The predicted octanol–water partition coefficient (Wildman–Crippen LogP) is 2.46. The molecule has 2 N–H and O–H groups in total. The minimum absolute atomic E-state index is 0.284. The Morgan fingerprint density at radius 3 is 2.65 bits per heavy atom. The molecule has 2 aromatic heterocycles. The molecule has 0 radical (unpaired) electrons. The molecule has 2 heterocycles. The summed E-state index contributed by atoms with van der Waals surface area (Å²) in [6, 6.07) is 3.49. The van der Waals surface area contributed by atoms with E-state index in [1.807, 2.05) is 12.1 Å². The van der Waals surface area contributed by atoms with Gasteiger partial charge in [-0.2, -0.15) is 0 Å². The second-order valence-corrected chi connectivity index (χ2v) is 4.27. The van der Waals surface area contributed by atoms with E-state index >= 15 is 0 Å². The zero-order valence-corrected chi connectivity index (χ0v) is 11.3. The van der Waals surface area contributed by atoms with Crippen LogP contribution in [0.4, 0.5) is 10.7 Å². The summed E-state index contributed by atoms with van der Waals surface area (Å²) >= 11 is 0. The summed E-state index contributed by atoms with van der Waals surface area (Å²) in [5.74, 6) is 0.284. The molecule has 2 aromatic rings. The van der Waals surface area contributed by atoms with Gasteiger partial charge in [-0.15, -0.1) is 0 Å². The van der Waals surface area contributed by atoms with Gasteiger partial charge in [0.25, 0.3) is 0 Å². The van der Waals surface area contributed by atoms with Gasteiger partial charge in [-0.3, -0.25) is 10.3 Å². The van der Waals surface area contributed by atoms with Crippen LogP contribution in [0.2, 0.25) is 0 Å². The fourth-order valence-electron chi connectivity index (χ4n) is 1.60. The smallest absolute Gasteiger partial charge is 0.321 e. The quantitative estimate of drug-likeness (QED) is 0.819. The zero-order valence-electron chi connectivity index (χ0n) is 11.3. The van der Waals surface area contributed by atoms with Crippen molar-refractivity contribution >= 4 is 12.0 Å². The maximum absolute atomic E-state index is 11.5. The van der Waals surface area contributed by atoms with E-state index in [0.717, 1.165) is 24.0 Å². The normalized spacial score (nSPS) is 10.1. The molecule has 0 saturated heterocycles. The van der Waals surface area contributed by atoms with Crippen molar-refractivity contribution in [2.45, 2.75) is 19.8 Å². The highest BCUT2D eigenvalue weighted by Gasteiger charge is 2.04. The van der Waals surface area contributed by atoms with Gasteiger partial charge in [0.05, 0.1) is 0 Å². The molecule has 0 saturated carbocycles. The number of carbonyl (C=O) groups excluding carboxylic acids is 1. The zero-order chi connectivity index (χ0) is 14.2. The van der Waals surface area contributed by atoms with Crippen molar-refractivity contribution in [1.29, 1.82) is 0 Å². The second-order valence-electron chi connectivity index (χ2n) is 4.27. The molecule has 2 amide bonds. The number of rotatable bonds is 5. The number of urea groups is 1. The molecule has 0 bridgehead atoms. The molecule has 6 nitrogen and oxygen atoms in total. The van der Waals surface area contributed by atoms with E-state index in [4.69, 9.17) is 0 Å². The predicted molar refractivity (Wildman–Crippen MR) is 77.2 cm³/mol. The lowest BCUT2D eigenvalue weighted by molar-refractivity contribution is 0.252. The molecule has 0 aliphatic rings. The number of hydrogen-bond acceptors (Lipinski definition) is 4. The highest BCUT2D eigenvalue weighted by atomic mass is 16.2. The van der Waals surface area contributed by atoms with Crippen LogP contribution in [0.5, 0.6) is 0 Å². The number of nitrogens with zero attached hydrogens (tertiary/aromatic N) is 3. The van der Waals surface area contributed by atoms with Crippen LogP contribution in [-0.4, -0.2) is 27.5 Å². The first kappa shape index (κ1) is 13.9. The number of nitrogens with one attached hydrogen (secondary N) is 2. The minimum atomic E-state index is -0.285. The molecule has 0 atom stereocenters.